The number of hydrogen-bond acceptors (Lipinski definition) is 3. The fraction of sp³-hybridized carbons (Fsp3) is 0.182. The molecule has 18 heavy (non-hydrogen) atoms. The summed E-state index contributed by atoms with van der Waals surface area (Å²) in [7, 11) is 0. The molecule has 0 aliphatic heterocycles. The Hall–Kier alpha value is -1.86. The number of alkyl halides is 3. The fourth-order valence-electron chi connectivity index (χ4n) is 1.21. The van der Waals surface area contributed by atoms with Gasteiger partial charge in [0.25, 0.3) is 0 Å². The van der Waals surface area contributed by atoms with Crippen LogP contribution < -0.4 is 0 Å². The molecule has 0 bridgehead atoms. The van der Waals surface area contributed by atoms with Gasteiger partial charge in [0, 0.05) is 10.0 Å². The summed E-state index contributed by atoms with van der Waals surface area (Å²) >= 11 is 2.73. The molecule has 1 aromatic rings. The summed E-state index contributed by atoms with van der Waals surface area (Å²) in [6.07, 6.45) is -4.62. The molecule has 0 atom stereocenters. The van der Waals surface area contributed by atoms with Crippen LogP contribution in [0.15, 0.2) is 22.7 Å². The van der Waals surface area contributed by atoms with Crippen LogP contribution >= 0.6 is 15.9 Å². The van der Waals surface area contributed by atoms with Crippen molar-refractivity contribution in [3.8, 4) is 12.1 Å². The Morgan fingerprint density at radius 3 is 2.28 bits per heavy atom. The number of Topliss-reactive ketones (excluding diaryl/α,β-unsaturated/α-hetero) is 1. The Kier molecular flexibility index (Phi) is 4.10. The monoisotopic (exact) mass is 316 g/mol. The first-order valence-corrected chi connectivity index (χ1v) is 5.30. The van der Waals surface area contributed by atoms with Gasteiger partial charge < -0.3 is 0 Å². The van der Waals surface area contributed by atoms with E-state index in [1.807, 2.05) is 0 Å². The Bertz CT molecular complexity index is 555. The van der Waals surface area contributed by atoms with Crippen molar-refractivity contribution in [1.29, 1.82) is 10.5 Å². The summed E-state index contributed by atoms with van der Waals surface area (Å²) in [6.45, 7) is 0. The minimum Gasteiger partial charge on any atom is -0.291 e. The lowest BCUT2D eigenvalue weighted by Gasteiger charge is -2.10. The molecule has 0 radical (unpaired) electrons. The van der Waals surface area contributed by atoms with Crippen molar-refractivity contribution in [2.45, 2.75) is 6.18 Å². The molecule has 92 valence electrons. The van der Waals surface area contributed by atoms with Crippen LogP contribution in [0, 0.1) is 28.6 Å². The number of carbonyl (C=O) groups is 1. The average molecular weight is 317 g/mol. The van der Waals surface area contributed by atoms with Crippen LogP contribution in [0.25, 0.3) is 0 Å². The number of rotatable bonds is 2. The Labute approximate surface area is 109 Å². The largest absolute Gasteiger partial charge is 0.417 e. The number of carbonyl (C=O) groups excluding carboxylic acids is 1. The molecule has 0 unspecified atom stereocenters. The molecule has 1 aromatic carbocycles. The third-order valence-corrected chi connectivity index (χ3v) is 2.77. The van der Waals surface area contributed by atoms with Gasteiger partial charge in [0.05, 0.1) is 17.7 Å². The molecular formula is C11H4BrF3N2O. The molecule has 3 nitrogen and oxygen atoms in total. The third kappa shape index (κ3) is 2.88. The summed E-state index contributed by atoms with van der Waals surface area (Å²) in [6, 6.07) is 5.64. The molecule has 7 heteroatoms. The van der Waals surface area contributed by atoms with Crippen LogP contribution in [0.3, 0.4) is 0 Å². The zero-order valence-corrected chi connectivity index (χ0v) is 10.2. The molecular weight excluding hydrogens is 313 g/mol. The van der Waals surface area contributed by atoms with E-state index in [-0.39, 0.29) is 10.0 Å². The third-order valence-electron chi connectivity index (χ3n) is 2.08. The molecule has 0 fully saturated rings. The van der Waals surface area contributed by atoms with Crippen molar-refractivity contribution in [3.63, 3.8) is 0 Å². The van der Waals surface area contributed by atoms with Gasteiger partial charge in [0.15, 0.2) is 11.7 Å². The van der Waals surface area contributed by atoms with E-state index in [2.05, 4.69) is 15.9 Å². The van der Waals surface area contributed by atoms with Gasteiger partial charge in [-0.15, -0.1) is 0 Å². The van der Waals surface area contributed by atoms with Crippen molar-refractivity contribution in [1.82, 2.24) is 0 Å². The Morgan fingerprint density at radius 1 is 1.28 bits per heavy atom. The van der Waals surface area contributed by atoms with Crippen LogP contribution in [-0.2, 0) is 6.18 Å². The van der Waals surface area contributed by atoms with E-state index in [1.54, 1.807) is 0 Å². The highest BCUT2D eigenvalue weighted by atomic mass is 79.9. The number of benzene rings is 1. The quantitative estimate of drug-likeness (QED) is 0.786. The van der Waals surface area contributed by atoms with E-state index in [0.717, 1.165) is 12.1 Å². The SMILES string of the molecule is N#CC(C#N)C(=O)c1ccc(Br)c(C(F)(F)F)c1. The maximum Gasteiger partial charge on any atom is 0.417 e. The maximum absolute atomic E-state index is 12.6. The smallest absolute Gasteiger partial charge is 0.291 e. The summed E-state index contributed by atoms with van der Waals surface area (Å²) in [5, 5.41) is 17.0. The van der Waals surface area contributed by atoms with Gasteiger partial charge in [-0.2, -0.15) is 23.7 Å². The Balaban J connectivity index is 3.27. The van der Waals surface area contributed by atoms with Crippen molar-refractivity contribution in [2.24, 2.45) is 5.92 Å². The lowest BCUT2D eigenvalue weighted by molar-refractivity contribution is -0.138. The van der Waals surface area contributed by atoms with E-state index >= 15 is 0 Å². The molecule has 0 saturated heterocycles. The van der Waals surface area contributed by atoms with E-state index in [0.29, 0.717) is 6.07 Å². The molecule has 0 amide bonds. The molecule has 1 rings (SSSR count). The second-order valence-corrected chi connectivity index (χ2v) is 4.10. The first kappa shape index (κ1) is 14.2. The highest BCUT2D eigenvalue weighted by Gasteiger charge is 2.34. The summed E-state index contributed by atoms with van der Waals surface area (Å²) in [5.41, 5.74) is -1.35. The van der Waals surface area contributed by atoms with Crippen LogP contribution in [0.2, 0.25) is 0 Å². The highest BCUT2D eigenvalue weighted by Crippen LogP contribution is 2.35. The zero-order valence-electron chi connectivity index (χ0n) is 8.62. The van der Waals surface area contributed by atoms with Gasteiger partial charge in [0.1, 0.15) is 0 Å². The molecule has 0 saturated carbocycles. The van der Waals surface area contributed by atoms with E-state index in [9.17, 15) is 18.0 Å². The van der Waals surface area contributed by atoms with Crippen LogP contribution in [0.5, 0.6) is 0 Å². The molecule has 0 aliphatic carbocycles. The first-order chi connectivity index (χ1) is 8.31. The molecule has 0 aromatic heterocycles. The van der Waals surface area contributed by atoms with E-state index in [4.69, 9.17) is 10.5 Å². The zero-order chi connectivity index (χ0) is 13.9. The standard InChI is InChI=1S/C11H4BrF3N2O/c12-9-2-1-6(3-8(9)11(13,14)15)10(18)7(4-16)5-17/h1-3,7H. The lowest BCUT2D eigenvalue weighted by atomic mass is 9.98. The predicted octanol–water partition coefficient (Wildman–Crippen LogP) is 3.31. The molecule has 0 aliphatic rings. The Morgan fingerprint density at radius 2 is 1.83 bits per heavy atom. The van der Waals surface area contributed by atoms with Gasteiger partial charge in [-0.1, -0.05) is 22.0 Å². The summed E-state index contributed by atoms with van der Waals surface area (Å²) in [5.74, 6) is -2.55. The van der Waals surface area contributed by atoms with Crippen molar-refractivity contribution in [2.75, 3.05) is 0 Å². The maximum atomic E-state index is 12.6. The highest BCUT2D eigenvalue weighted by molar-refractivity contribution is 9.10. The molecule has 0 heterocycles. The normalized spacial score (nSPS) is 10.8. The molecule has 0 spiro atoms. The second kappa shape index (κ2) is 5.19. The number of nitrogens with zero attached hydrogens (tertiary/aromatic N) is 2. The average Bonchev–Trinajstić information content (AvgIpc) is 2.29. The van der Waals surface area contributed by atoms with Crippen LogP contribution in [-0.4, -0.2) is 5.78 Å². The van der Waals surface area contributed by atoms with Crippen LogP contribution in [0.1, 0.15) is 15.9 Å². The minimum atomic E-state index is -4.62. The summed E-state index contributed by atoms with van der Waals surface area (Å²) in [4.78, 5) is 11.6. The van der Waals surface area contributed by atoms with E-state index < -0.39 is 23.4 Å². The van der Waals surface area contributed by atoms with Gasteiger partial charge in [-0.25, -0.2) is 0 Å². The lowest BCUT2D eigenvalue weighted by Crippen LogP contribution is -2.13. The van der Waals surface area contributed by atoms with Crippen molar-refractivity contribution >= 4 is 21.7 Å². The number of ketones is 1. The predicted molar refractivity (Wildman–Crippen MR) is 58.2 cm³/mol. The van der Waals surface area contributed by atoms with Gasteiger partial charge in [-0.3, -0.25) is 4.79 Å². The second-order valence-electron chi connectivity index (χ2n) is 3.25. The van der Waals surface area contributed by atoms with Gasteiger partial charge in [0.2, 0.25) is 0 Å². The van der Waals surface area contributed by atoms with Gasteiger partial charge in [-0.05, 0) is 12.1 Å². The molecule has 0 N–H and O–H groups in total. The number of hydrogen-bond donors (Lipinski definition) is 0. The van der Waals surface area contributed by atoms with E-state index in [1.165, 1.54) is 12.1 Å². The number of halogens is 4. The van der Waals surface area contributed by atoms with Crippen molar-refractivity contribution < 1.29 is 18.0 Å². The minimum absolute atomic E-state index is 0.211. The van der Waals surface area contributed by atoms with Crippen LogP contribution in [0.4, 0.5) is 13.2 Å². The summed E-state index contributed by atoms with van der Waals surface area (Å²) < 4.78 is 37.5. The van der Waals surface area contributed by atoms with Gasteiger partial charge >= 0.3 is 6.18 Å². The topological polar surface area (TPSA) is 64.7 Å². The first-order valence-electron chi connectivity index (χ1n) is 4.51. The van der Waals surface area contributed by atoms with Crippen molar-refractivity contribution in [3.05, 3.63) is 33.8 Å². The fourth-order valence-corrected chi connectivity index (χ4v) is 1.68. The number of nitriles is 2.